The minimum Gasteiger partial charge on any atom is -0.194 e. The van der Waals surface area contributed by atoms with Gasteiger partial charge in [0, 0.05) is 0 Å². The Labute approximate surface area is 151 Å². The molecule has 3 aromatic rings. The van der Waals surface area contributed by atoms with Gasteiger partial charge in [0.05, 0.1) is 0 Å². The molecule has 0 aliphatic heterocycles. The number of rotatable bonds is 4. The van der Waals surface area contributed by atoms with Crippen LogP contribution in [0.25, 0.3) is 0 Å². The van der Waals surface area contributed by atoms with Crippen LogP contribution in [-0.2, 0) is 0 Å². The van der Waals surface area contributed by atoms with Crippen LogP contribution in [0.15, 0.2) is 72.8 Å². The zero-order chi connectivity index (χ0) is 17.9. The summed E-state index contributed by atoms with van der Waals surface area (Å²) >= 11 is 0. The van der Waals surface area contributed by atoms with Gasteiger partial charge >= 0.3 is 0 Å². The molecule has 0 saturated heterocycles. The van der Waals surface area contributed by atoms with Crippen molar-refractivity contribution in [1.82, 2.24) is 0 Å². The monoisotopic (exact) mass is 344 g/mol. The maximum Gasteiger partial charge on any atom is 0.159 e. The summed E-state index contributed by atoms with van der Waals surface area (Å²) in [5, 5.41) is 13.5. The summed E-state index contributed by atoms with van der Waals surface area (Å²) in [6, 6.07) is 28.7. The van der Waals surface area contributed by atoms with Crippen molar-refractivity contribution in [3.8, 4) is 6.07 Å². The second-order valence-electron chi connectivity index (χ2n) is 6.63. The van der Waals surface area contributed by atoms with E-state index in [4.69, 9.17) is 0 Å². The molecule has 0 bridgehead atoms. The van der Waals surface area contributed by atoms with E-state index in [-0.39, 0.29) is 0 Å². The minimum absolute atomic E-state index is 0.516. The molecule has 0 radical (unpaired) electrons. The van der Waals surface area contributed by atoms with Crippen molar-refractivity contribution in [3.63, 3.8) is 0 Å². The largest absolute Gasteiger partial charge is 0.194 e. The van der Waals surface area contributed by atoms with E-state index in [0.29, 0.717) is 6.16 Å². The van der Waals surface area contributed by atoms with E-state index in [0.717, 1.165) is 0 Å². The standard InChI is InChI=1S/C23H23NP/c1-18-4-10-21(11-5-18)25(17-16-24,22-12-6-19(2)7-13-22)23-14-8-20(3)9-15-23/h4-15H,17H2,1-3H3/q+1. The summed E-state index contributed by atoms with van der Waals surface area (Å²) < 4.78 is 0. The molecular weight excluding hydrogens is 321 g/mol. The topological polar surface area (TPSA) is 23.8 Å². The number of hydrogen-bond acceptors (Lipinski definition) is 1. The first kappa shape index (κ1) is 17.4. The minimum atomic E-state index is -1.97. The molecule has 0 amide bonds. The average Bonchev–Trinajstić information content (AvgIpc) is 2.62. The van der Waals surface area contributed by atoms with E-state index in [2.05, 4.69) is 99.6 Å². The summed E-state index contributed by atoms with van der Waals surface area (Å²) in [6.45, 7) is 6.31. The van der Waals surface area contributed by atoms with Crippen LogP contribution in [0.3, 0.4) is 0 Å². The van der Waals surface area contributed by atoms with Crippen LogP contribution in [0, 0.1) is 32.1 Å². The highest BCUT2D eigenvalue weighted by atomic mass is 31.2. The van der Waals surface area contributed by atoms with E-state index < -0.39 is 7.26 Å². The molecule has 124 valence electrons. The van der Waals surface area contributed by atoms with E-state index >= 15 is 0 Å². The van der Waals surface area contributed by atoms with E-state index in [1.165, 1.54) is 32.6 Å². The Morgan fingerprint density at radius 3 is 1.12 bits per heavy atom. The first-order chi connectivity index (χ1) is 12.1. The average molecular weight is 344 g/mol. The number of benzene rings is 3. The molecule has 0 spiro atoms. The number of aryl methyl sites for hydroxylation is 3. The van der Waals surface area contributed by atoms with Crippen molar-refractivity contribution >= 4 is 23.2 Å². The number of nitrogens with zero attached hydrogens (tertiary/aromatic N) is 1. The molecule has 2 heteroatoms. The number of hydrogen-bond donors (Lipinski definition) is 0. The van der Waals surface area contributed by atoms with E-state index in [9.17, 15) is 5.26 Å². The van der Waals surface area contributed by atoms with E-state index in [1.807, 2.05) is 0 Å². The SMILES string of the molecule is Cc1ccc([P+](CC#N)(c2ccc(C)cc2)c2ccc(C)cc2)cc1. The van der Waals surface area contributed by atoms with Gasteiger partial charge in [0.2, 0.25) is 0 Å². The highest BCUT2D eigenvalue weighted by molar-refractivity contribution is 7.95. The second kappa shape index (κ2) is 7.22. The van der Waals surface area contributed by atoms with Gasteiger partial charge in [0.25, 0.3) is 0 Å². The summed E-state index contributed by atoms with van der Waals surface area (Å²) in [5.74, 6) is 0. The zero-order valence-electron chi connectivity index (χ0n) is 15.0. The Morgan fingerprint density at radius 1 is 0.600 bits per heavy atom. The summed E-state index contributed by atoms with van der Waals surface area (Å²) in [7, 11) is -1.97. The van der Waals surface area contributed by atoms with Crippen LogP contribution in [0.1, 0.15) is 16.7 Å². The van der Waals surface area contributed by atoms with E-state index in [1.54, 1.807) is 0 Å². The van der Waals surface area contributed by atoms with Gasteiger partial charge in [-0.15, -0.1) is 0 Å². The lowest BCUT2D eigenvalue weighted by atomic mass is 10.2. The Hall–Kier alpha value is -2.42. The Kier molecular flexibility index (Phi) is 5.03. The van der Waals surface area contributed by atoms with Gasteiger partial charge in [-0.1, -0.05) is 53.1 Å². The Bertz CT molecular complexity index is 774. The molecule has 1 nitrogen and oxygen atoms in total. The maximum absolute atomic E-state index is 9.73. The van der Waals surface area contributed by atoms with Crippen molar-refractivity contribution in [2.75, 3.05) is 6.16 Å². The summed E-state index contributed by atoms with van der Waals surface area (Å²) in [4.78, 5) is 0. The van der Waals surface area contributed by atoms with Gasteiger partial charge < -0.3 is 0 Å². The third-order valence-electron chi connectivity index (χ3n) is 4.73. The number of nitriles is 1. The van der Waals surface area contributed by atoms with Crippen LogP contribution in [0.5, 0.6) is 0 Å². The van der Waals surface area contributed by atoms with Crippen molar-refractivity contribution in [2.24, 2.45) is 0 Å². The van der Waals surface area contributed by atoms with Crippen molar-refractivity contribution in [1.29, 1.82) is 5.26 Å². The van der Waals surface area contributed by atoms with Crippen LogP contribution >= 0.6 is 7.26 Å². The quantitative estimate of drug-likeness (QED) is 0.642. The fraction of sp³-hybridized carbons (Fsp3) is 0.174. The molecule has 0 heterocycles. The van der Waals surface area contributed by atoms with Crippen molar-refractivity contribution < 1.29 is 0 Å². The normalized spacial score (nSPS) is 11.1. The lowest BCUT2D eigenvalue weighted by Gasteiger charge is -2.25. The van der Waals surface area contributed by atoms with Gasteiger partial charge in [-0.3, -0.25) is 0 Å². The van der Waals surface area contributed by atoms with Gasteiger partial charge in [-0.25, -0.2) is 0 Å². The molecule has 0 unspecified atom stereocenters. The van der Waals surface area contributed by atoms with Crippen molar-refractivity contribution in [3.05, 3.63) is 89.5 Å². The Balaban J connectivity index is 2.31. The van der Waals surface area contributed by atoms with Crippen LogP contribution in [0.4, 0.5) is 0 Å². The molecule has 0 N–H and O–H groups in total. The first-order valence-electron chi connectivity index (χ1n) is 8.53. The molecule has 0 saturated carbocycles. The fourth-order valence-electron chi connectivity index (χ4n) is 3.22. The van der Waals surface area contributed by atoms with Crippen LogP contribution < -0.4 is 15.9 Å². The third-order valence-corrected chi connectivity index (χ3v) is 8.89. The smallest absolute Gasteiger partial charge is 0.159 e. The second-order valence-corrected chi connectivity index (χ2v) is 10.1. The van der Waals surface area contributed by atoms with Gasteiger partial charge in [-0.2, -0.15) is 5.26 Å². The molecule has 3 aromatic carbocycles. The van der Waals surface area contributed by atoms with Crippen LogP contribution in [0.2, 0.25) is 0 Å². The molecular formula is C23H23NP+. The van der Waals surface area contributed by atoms with Gasteiger partial charge in [0.1, 0.15) is 29.2 Å². The first-order valence-corrected chi connectivity index (χ1v) is 10.5. The van der Waals surface area contributed by atoms with Crippen LogP contribution in [-0.4, -0.2) is 6.16 Å². The molecule has 0 atom stereocenters. The third kappa shape index (κ3) is 3.37. The fourth-order valence-corrected chi connectivity index (χ4v) is 6.85. The molecule has 0 aliphatic rings. The van der Waals surface area contributed by atoms with Crippen molar-refractivity contribution in [2.45, 2.75) is 20.8 Å². The highest BCUT2D eigenvalue weighted by Crippen LogP contribution is 2.54. The molecule has 25 heavy (non-hydrogen) atoms. The predicted octanol–water partition coefficient (Wildman–Crippen LogP) is 4.43. The van der Waals surface area contributed by atoms with Gasteiger partial charge in [-0.05, 0) is 57.2 Å². The maximum atomic E-state index is 9.73. The lowest BCUT2D eigenvalue weighted by molar-refractivity contribution is 1.46. The molecule has 0 fully saturated rings. The molecule has 0 aliphatic carbocycles. The van der Waals surface area contributed by atoms with Gasteiger partial charge in [0.15, 0.2) is 6.16 Å². The molecule has 0 aromatic heterocycles. The highest BCUT2D eigenvalue weighted by Gasteiger charge is 2.45. The Morgan fingerprint density at radius 2 is 0.880 bits per heavy atom. The summed E-state index contributed by atoms with van der Waals surface area (Å²) in [6.07, 6.45) is 0.516. The lowest BCUT2D eigenvalue weighted by Crippen LogP contribution is -2.33. The summed E-state index contributed by atoms with van der Waals surface area (Å²) in [5.41, 5.74) is 3.73. The zero-order valence-corrected chi connectivity index (χ0v) is 15.9. The predicted molar refractivity (Wildman–Crippen MR) is 110 cm³/mol. The molecule has 3 rings (SSSR count).